The van der Waals surface area contributed by atoms with Crippen LogP contribution in [-0.4, -0.2) is 85.5 Å². The van der Waals surface area contributed by atoms with Crippen molar-refractivity contribution in [2.24, 2.45) is 5.92 Å². The third-order valence-corrected chi connectivity index (χ3v) is 6.35. The summed E-state index contributed by atoms with van der Waals surface area (Å²) in [5, 5.41) is 9.84. The van der Waals surface area contributed by atoms with Crippen LogP contribution in [0.2, 0.25) is 0 Å². The van der Waals surface area contributed by atoms with E-state index >= 15 is 0 Å². The molecule has 0 fully saturated rings. The van der Waals surface area contributed by atoms with Gasteiger partial charge in [-0.15, -0.1) is 0 Å². The first-order valence-electron chi connectivity index (χ1n) is 11.8. The number of nitrogens with zero attached hydrogens (tertiary/aromatic N) is 6. The number of aromatic nitrogens is 4. The zero-order valence-electron chi connectivity index (χ0n) is 20.6. The molecule has 0 aromatic carbocycles. The Morgan fingerprint density at radius 2 is 2.00 bits per heavy atom. The van der Waals surface area contributed by atoms with Gasteiger partial charge in [0.25, 0.3) is 5.91 Å². The van der Waals surface area contributed by atoms with E-state index in [0.717, 1.165) is 0 Å². The fraction of sp³-hybridized carbons (Fsp3) is 0.385. The van der Waals surface area contributed by atoms with Crippen molar-refractivity contribution in [3.8, 4) is 17.0 Å². The molecule has 4 heterocycles. The summed E-state index contributed by atoms with van der Waals surface area (Å²) in [5.74, 6) is -0.304. The van der Waals surface area contributed by atoms with Crippen molar-refractivity contribution in [2.75, 3.05) is 26.7 Å². The number of likely N-dealkylation sites (N-methyl/N-ethyl adjacent to an activating group) is 1. The second-order valence-electron chi connectivity index (χ2n) is 9.10. The lowest BCUT2D eigenvalue weighted by Gasteiger charge is -2.37. The lowest BCUT2D eigenvalue weighted by atomic mass is 9.99. The molecule has 0 saturated heterocycles. The third kappa shape index (κ3) is 5.65. The number of hydrogen-bond acceptors (Lipinski definition) is 8. The number of pyridine rings is 2. The minimum Gasteiger partial charge on any atom is -0.472 e. The van der Waals surface area contributed by atoms with Gasteiger partial charge in [0.2, 0.25) is 11.8 Å². The molecule has 1 N–H and O–H groups in total. The number of rotatable bonds is 7. The maximum Gasteiger partial charge on any atom is 0.259 e. The molecule has 0 aliphatic carbocycles. The van der Waals surface area contributed by atoms with Crippen LogP contribution in [0.3, 0.4) is 0 Å². The van der Waals surface area contributed by atoms with E-state index in [4.69, 9.17) is 4.74 Å². The van der Waals surface area contributed by atoms with Gasteiger partial charge in [-0.1, -0.05) is 13.0 Å². The molecule has 10 nitrogen and oxygen atoms in total. The zero-order valence-corrected chi connectivity index (χ0v) is 20.6. The fourth-order valence-corrected chi connectivity index (χ4v) is 4.09. The number of amides is 2. The van der Waals surface area contributed by atoms with E-state index in [-0.39, 0.29) is 42.2 Å². The van der Waals surface area contributed by atoms with E-state index in [0.29, 0.717) is 29.9 Å². The highest BCUT2D eigenvalue weighted by Crippen LogP contribution is 2.30. The maximum absolute atomic E-state index is 13.6. The molecular formula is C26H30N6O4. The Hall–Kier alpha value is -3.92. The molecule has 0 radical (unpaired) electrons. The largest absolute Gasteiger partial charge is 0.472 e. The molecule has 0 unspecified atom stereocenters. The van der Waals surface area contributed by atoms with Gasteiger partial charge in [0.05, 0.1) is 25.6 Å². The second kappa shape index (κ2) is 11.2. The molecule has 4 rings (SSSR count). The van der Waals surface area contributed by atoms with Crippen LogP contribution < -0.4 is 4.74 Å². The summed E-state index contributed by atoms with van der Waals surface area (Å²) < 4.78 is 6.28. The fourth-order valence-electron chi connectivity index (χ4n) is 4.09. The molecule has 3 aromatic rings. The highest BCUT2D eigenvalue weighted by molar-refractivity contribution is 5.98. The molecule has 3 aromatic heterocycles. The number of aliphatic hydroxyl groups is 1. The summed E-state index contributed by atoms with van der Waals surface area (Å²) in [5.41, 5.74) is 2.37. The Labute approximate surface area is 210 Å². The second-order valence-corrected chi connectivity index (χ2v) is 9.10. The van der Waals surface area contributed by atoms with Crippen LogP contribution in [-0.2, 0) is 11.2 Å². The Kier molecular flexibility index (Phi) is 7.84. The van der Waals surface area contributed by atoms with Crippen molar-refractivity contribution in [3.05, 3.63) is 66.6 Å². The summed E-state index contributed by atoms with van der Waals surface area (Å²) in [6.07, 6.45) is 7.75. The van der Waals surface area contributed by atoms with Crippen molar-refractivity contribution in [1.29, 1.82) is 0 Å². The Balaban J connectivity index is 1.62. The van der Waals surface area contributed by atoms with Crippen LogP contribution >= 0.6 is 0 Å². The van der Waals surface area contributed by atoms with Crippen molar-refractivity contribution >= 4 is 11.8 Å². The van der Waals surface area contributed by atoms with Crippen molar-refractivity contribution in [3.63, 3.8) is 0 Å². The average molecular weight is 491 g/mol. The van der Waals surface area contributed by atoms with E-state index in [9.17, 15) is 14.7 Å². The maximum atomic E-state index is 13.6. The van der Waals surface area contributed by atoms with E-state index in [1.54, 1.807) is 54.6 Å². The minimum absolute atomic E-state index is 0.0872. The number of hydrogen-bond donors (Lipinski definition) is 1. The molecule has 0 spiro atoms. The SMILES string of the molecule is C[C@H](CO)N1C[C@H](C)[C@@H](CN(C)C(=O)Cc2ccccn2)Oc2ncc(-c3cncnc3)cc2C1=O. The predicted molar refractivity (Wildman–Crippen MR) is 132 cm³/mol. The van der Waals surface area contributed by atoms with Crippen LogP contribution in [0.25, 0.3) is 11.1 Å². The quantitative estimate of drug-likeness (QED) is 0.533. The van der Waals surface area contributed by atoms with Gasteiger partial charge in [-0.05, 0) is 25.1 Å². The molecule has 2 amide bonds. The van der Waals surface area contributed by atoms with Gasteiger partial charge in [0, 0.05) is 61.1 Å². The molecule has 0 bridgehead atoms. The van der Waals surface area contributed by atoms with Crippen LogP contribution in [0.15, 0.2) is 55.4 Å². The first kappa shape index (κ1) is 25.2. The van der Waals surface area contributed by atoms with Gasteiger partial charge in [-0.2, -0.15) is 0 Å². The molecule has 10 heteroatoms. The zero-order chi connectivity index (χ0) is 25.7. The van der Waals surface area contributed by atoms with Crippen LogP contribution in [0, 0.1) is 5.92 Å². The van der Waals surface area contributed by atoms with Crippen LogP contribution in [0.5, 0.6) is 5.88 Å². The summed E-state index contributed by atoms with van der Waals surface area (Å²) in [6.45, 7) is 4.24. The molecule has 36 heavy (non-hydrogen) atoms. The predicted octanol–water partition coefficient (Wildman–Crippen LogP) is 1.85. The average Bonchev–Trinajstić information content (AvgIpc) is 2.91. The highest BCUT2D eigenvalue weighted by atomic mass is 16.5. The summed E-state index contributed by atoms with van der Waals surface area (Å²) in [7, 11) is 1.73. The standard InChI is InChI=1S/C26H30N6O4/c1-17-13-32(18(2)15-33)26(35)22-8-19(20-10-27-16-28-11-20)12-30-25(22)36-23(17)14-31(3)24(34)9-21-6-4-5-7-29-21/h4-8,10-12,16-18,23,33H,9,13-15H2,1-3H3/t17-,18+,23+/m0/s1. The lowest BCUT2D eigenvalue weighted by molar-refractivity contribution is -0.130. The van der Waals surface area contributed by atoms with Gasteiger partial charge in [-0.3, -0.25) is 14.6 Å². The Morgan fingerprint density at radius 3 is 2.69 bits per heavy atom. The normalized spacial score (nSPS) is 18.4. The van der Waals surface area contributed by atoms with E-state index < -0.39 is 12.1 Å². The van der Waals surface area contributed by atoms with Crippen LogP contribution in [0.4, 0.5) is 0 Å². The summed E-state index contributed by atoms with van der Waals surface area (Å²) in [6, 6.07) is 6.78. The number of carbonyl (C=O) groups is 2. The van der Waals surface area contributed by atoms with Gasteiger partial charge in [0.15, 0.2) is 0 Å². The van der Waals surface area contributed by atoms with Crippen molar-refractivity contribution < 1.29 is 19.4 Å². The van der Waals surface area contributed by atoms with Crippen LogP contribution in [0.1, 0.15) is 29.9 Å². The number of fused-ring (bicyclic) bond motifs is 1. The number of carbonyl (C=O) groups excluding carboxylic acids is 2. The molecule has 3 atom stereocenters. The summed E-state index contributed by atoms with van der Waals surface area (Å²) in [4.78, 5) is 46.5. The molecule has 1 aliphatic heterocycles. The third-order valence-electron chi connectivity index (χ3n) is 6.35. The topological polar surface area (TPSA) is 122 Å². The van der Waals surface area contributed by atoms with E-state index in [2.05, 4.69) is 19.9 Å². The minimum atomic E-state index is -0.429. The lowest BCUT2D eigenvalue weighted by Crippen LogP contribution is -2.50. The monoisotopic (exact) mass is 490 g/mol. The highest BCUT2D eigenvalue weighted by Gasteiger charge is 2.34. The van der Waals surface area contributed by atoms with E-state index in [1.165, 1.54) is 6.33 Å². The molecule has 1 aliphatic rings. The van der Waals surface area contributed by atoms with Gasteiger partial charge >= 0.3 is 0 Å². The number of aliphatic hydroxyl groups excluding tert-OH is 1. The van der Waals surface area contributed by atoms with Gasteiger partial charge < -0.3 is 19.6 Å². The van der Waals surface area contributed by atoms with Gasteiger partial charge in [-0.25, -0.2) is 15.0 Å². The molecule has 0 saturated carbocycles. The Morgan fingerprint density at radius 1 is 1.22 bits per heavy atom. The first-order chi connectivity index (χ1) is 17.4. The molecular weight excluding hydrogens is 460 g/mol. The Bertz CT molecular complexity index is 1190. The number of ether oxygens (including phenoxy) is 1. The van der Waals surface area contributed by atoms with E-state index in [1.807, 2.05) is 25.1 Å². The molecule has 188 valence electrons. The smallest absolute Gasteiger partial charge is 0.259 e. The van der Waals surface area contributed by atoms with Crippen molar-refractivity contribution in [2.45, 2.75) is 32.4 Å². The van der Waals surface area contributed by atoms with Crippen molar-refractivity contribution in [1.82, 2.24) is 29.7 Å². The first-order valence-corrected chi connectivity index (χ1v) is 11.8. The summed E-state index contributed by atoms with van der Waals surface area (Å²) >= 11 is 0. The van der Waals surface area contributed by atoms with Gasteiger partial charge in [0.1, 0.15) is 18.0 Å².